The number of benzene rings is 4. The first-order valence-electron chi connectivity index (χ1n) is 13.5. The molecule has 2 heterocycles. The Morgan fingerprint density at radius 3 is 2.04 bits per heavy atom. The lowest BCUT2D eigenvalue weighted by molar-refractivity contribution is -0.274. The van der Waals surface area contributed by atoms with E-state index in [0.29, 0.717) is 50.9 Å². The number of rotatable bonds is 4. The van der Waals surface area contributed by atoms with Gasteiger partial charge in [-0.1, -0.05) is 42.5 Å². The lowest BCUT2D eigenvalue weighted by Crippen LogP contribution is -2.16. The molecule has 1 aromatic heterocycles. The van der Waals surface area contributed by atoms with Crippen molar-refractivity contribution in [3.8, 4) is 62.5 Å². The van der Waals surface area contributed by atoms with Crippen molar-refractivity contribution in [3.05, 3.63) is 108 Å². The summed E-state index contributed by atoms with van der Waals surface area (Å²) in [7, 11) is 1.61. The number of fused-ring (bicyclic) bond motifs is 6. The molecule has 2 aliphatic rings. The number of hydrogen-bond acceptors (Lipinski definition) is 6. The highest BCUT2D eigenvalue weighted by molar-refractivity contribution is 6.24. The van der Waals surface area contributed by atoms with Gasteiger partial charge in [0, 0.05) is 17.2 Å². The third-order valence-electron chi connectivity index (χ3n) is 7.55. The highest BCUT2D eigenvalue weighted by Gasteiger charge is 2.39. The second-order valence-electron chi connectivity index (χ2n) is 10.1. The van der Waals surface area contributed by atoms with E-state index in [-0.39, 0.29) is 5.75 Å². The van der Waals surface area contributed by atoms with Crippen LogP contribution in [0.1, 0.15) is 11.3 Å². The number of nitrogens with zero attached hydrogens (tertiary/aromatic N) is 6. The largest absolute Gasteiger partial charge is 0.573 e. The van der Waals surface area contributed by atoms with Gasteiger partial charge in [-0.05, 0) is 58.7 Å². The fraction of sp³-hybridized carbons (Fsp3) is 0.0588. The van der Waals surface area contributed by atoms with Crippen LogP contribution in [-0.2, 0) is 0 Å². The van der Waals surface area contributed by atoms with Crippen LogP contribution >= 0.6 is 0 Å². The van der Waals surface area contributed by atoms with Gasteiger partial charge in [0.1, 0.15) is 35.2 Å². The Labute approximate surface area is 254 Å². The SMILES string of the molecule is [C-]#[N+]C=[N+]1c2cc(-c3ccc(OC)cc3)ccc2-c2nc3c(nc21)-c1ccc(-c2ccc(OC(F)(F)F)cc2)cc1C3=NC#N. The highest BCUT2D eigenvalue weighted by Crippen LogP contribution is 2.47. The molecule has 0 radical (unpaired) electrons. The van der Waals surface area contributed by atoms with Crippen LogP contribution in [0.15, 0.2) is 89.9 Å². The average Bonchev–Trinajstić information content (AvgIpc) is 3.51. The molecule has 0 N–H and O–H groups in total. The maximum absolute atomic E-state index is 12.6. The molecule has 4 aromatic carbocycles. The summed E-state index contributed by atoms with van der Waals surface area (Å²) >= 11 is 0. The summed E-state index contributed by atoms with van der Waals surface area (Å²) in [6.45, 7) is 7.58. The fourth-order valence-electron chi connectivity index (χ4n) is 5.58. The number of methoxy groups -OCH3 is 1. The lowest BCUT2D eigenvalue weighted by atomic mass is 9.99. The van der Waals surface area contributed by atoms with E-state index >= 15 is 0 Å². The van der Waals surface area contributed by atoms with Gasteiger partial charge in [-0.25, -0.2) is 4.98 Å². The van der Waals surface area contributed by atoms with E-state index in [0.717, 1.165) is 28.1 Å². The maximum Gasteiger partial charge on any atom is 0.573 e. The maximum atomic E-state index is 12.6. The molecule has 1 aliphatic carbocycles. The van der Waals surface area contributed by atoms with Crippen LogP contribution < -0.4 is 14.0 Å². The van der Waals surface area contributed by atoms with E-state index in [1.165, 1.54) is 30.6 Å². The van der Waals surface area contributed by atoms with Gasteiger partial charge >= 0.3 is 18.5 Å². The Kier molecular flexibility index (Phi) is 6.38. The monoisotopic (exact) mass is 599 g/mol. The minimum atomic E-state index is -4.79. The number of halogens is 3. The van der Waals surface area contributed by atoms with E-state index in [9.17, 15) is 18.4 Å². The zero-order valence-corrected chi connectivity index (χ0v) is 23.3. The molecule has 11 heteroatoms. The zero-order valence-electron chi connectivity index (χ0n) is 23.3. The molecule has 0 bridgehead atoms. The summed E-state index contributed by atoms with van der Waals surface area (Å²) in [4.78, 5) is 17.5. The average molecular weight is 600 g/mol. The number of aromatic nitrogens is 2. The molecule has 0 spiro atoms. The second kappa shape index (κ2) is 10.4. The van der Waals surface area contributed by atoms with Gasteiger partial charge in [0.05, 0.1) is 12.7 Å². The van der Waals surface area contributed by atoms with Gasteiger partial charge in [-0.2, -0.15) is 24.7 Å². The molecule has 0 atom stereocenters. The number of hydrogen-bond donors (Lipinski definition) is 0. The van der Waals surface area contributed by atoms with Crippen molar-refractivity contribution in [2.45, 2.75) is 6.36 Å². The summed E-state index contributed by atoms with van der Waals surface area (Å²) in [6.07, 6.45) is -1.57. The van der Waals surface area contributed by atoms with Crippen LogP contribution in [0.4, 0.5) is 24.7 Å². The van der Waals surface area contributed by atoms with Crippen molar-refractivity contribution >= 4 is 23.6 Å². The van der Waals surface area contributed by atoms with Gasteiger partial charge in [-0.15, -0.1) is 13.2 Å². The first-order chi connectivity index (χ1) is 21.8. The van der Waals surface area contributed by atoms with Crippen molar-refractivity contribution in [2.24, 2.45) is 4.99 Å². The molecule has 0 saturated heterocycles. The standard InChI is InChI=1S/C34H18F3N6O2/c1-39-18-43-28-16-22(20-3-9-23(44-2)10-4-20)8-14-26(28)31-33(43)42-30-25-13-7-21(15-27(25)29(40-17-38)32(30)41-31)19-5-11-24(12-6-19)45-34(35,36)37/h3-16,18H,2H3/q+1. The normalized spacial score (nSPS) is 14.3. The summed E-state index contributed by atoms with van der Waals surface area (Å²) in [5, 5.41) is 9.58. The molecule has 8 nitrogen and oxygen atoms in total. The molecule has 0 fully saturated rings. The lowest BCUT2D eigenvalue weighted by Gasteiger charge is -2.10. The van der Waals surface area contributed by atoms with Gasteiger partial charge in [0.15, 0.2) is 5.69 Å². The van der Waals surface area contributed by atoms with Gasteiger partial charge in [0.25, 0.3) is 0 Å². The molecule has 216 valence electrons. The number of alkyl halides is 3. The smallest absolute Gasteiger partial charge is 0.497 e. The molecule has 1 aliphatic heterocycles. The first-order valence-corrected chi connectivity index (χ1v) is 13.5. The zero-order chi connectivity index (χ0) is 31.3. The molecular weight excluding hydrogens is 581 g/mol. The number of ether oxygens (including phenoxy) is 2. The number of nitriles is 1. The predicted octanol–water partition coefficient (Wildman–Crippen LogP) is 7.78. The summed E-state index contributed by atoms with van der Waals surface area (Å²) in [6, 6.07) is 24.5. The van der Waals surface area contributed by atoms with Crippen molar-refractivity contribution in [3.63, 3.8) is 0 Å². The molecule has 45 heavy (non-hydrogen) atoms. The van der Waals surface area contributed by atoms with Gasteiger partial charge < -0.3 is 9.47 Å². The van der Waals surface area contributed by atoms with Crippen LogP contribution in [0.3, 0.4) is 0 Å². The molecule has 5 aromatic rings. The van der Waals surface area contributed by atoms with Crippen LogP contribution in [0.2, 0.25) is 0 Å². The Hall–Kier alpha value is -6.33. The van der Waals surface area contributed by atoms with Crippen LogP contribution in [0, 0.1) is 18.0 Å². The van der Waals surface area contributed by atoms with Crippen LogP contribution in [-0.4, -0.2) is 35.5 Å². The molecule has 0 unspecified atom stereocenters. The summed E-state index contributed by atoms with van der Waals surface area (Å²) in [5.41, 5.74) is 7.85. The summed E-state index contributed by atoms with van der Waals surface area (Å²) < 4.78 is 48.8. The molecule has 0 amide bonds. The minimum absolute atomic E-state index is 0.327. The van der Waals surface area contributed by atoms with E-state index in [4.69, 9.17) is 21.3 Å². The van der Waals surface area contributed by atoms with E-state index in [1.54, 1.807) is 17.8 Å². The van der Waals surface area contributed by atoms with Crippen molar-refractivity contribution in [1.82, 2.24) is 14.5 Å². The van der Waals surface area contributed by atoms with Crippen molar-refractivity contribution < 1.29 is 22.6 Å². The van der Waals surface area contributed by atoms with Crippen LogP contribution in [0.25, 0.3) is 49.6 Å². The van der Waals surface area contributed by atoms with Crippen molar-refractivity contribution in [1.29, 1.82) is 5.26 Å². The Morgan fingerprint density at radius 1 is 0.800 bits per heavy atom. The number of aliphatic imine (C=N–C) groups is 1. The van der Waals surface area contributed by atoms with Crippen LogP contribution in [0.5, 0.6) is 11.5 Å². The second-order valence-corrected chi connectivity index (χ2v) is 10.1. The first kappa shape index (κ1) is 27.5. The Bertz CT molecular complexity index is 2180. The highest BCUT2D eigenvalue weighted by atomic mass is 19.4. The Balaban J connectivity index is 1.31. The van der Waals surface area contributed by atoms with E-state index in [1.807, 2.05) is 60.8 Å². The van der Waals surface area contributed by atoms with Gasteiger partial charge in [0.2, 0.25) is 11.9 Å². The third kappa shape index (κ3) is 4.73. The van der Waals surface area contributed by atoms with E-state index in [2.05, 4.69) is 14.6 Å². The van der Waals surface area contributed by atoms with Crippen molar-refractivity contribution in [2.75, 3.05) is 7.11 Å². The summed E-state index contributed by atoms with van der Waals surface area (Å²) in [5.74, 6) is 0.889. The minimum Gasteiger partial charge on any atom is -0.497 e. The molecular formula is C34H18F3N6O2+. The molecule has 0 saturated carbocycles. The Morgan fingerprint density at radius 2 is 1.42 bits per heavy atom. The predicted molar refractivity (Wildman–Crippen MR) is 162 cm³/mol. The quantitative estimate of drug-likeness (QED) is 0.0893. The third-order valence-corrected chi connectivity index (χ3v) is 7.55. The van der Waals surface area contributed by atoms with Gasteiger partial charge in [-0.3, -0.25) is 0 Å². The van der Waals surface area contributed by atoms with E-state index < -0.39 is 6.36 Å². The molecule has 7 rings (SSSR count). The fourth-order valence-corrected chi connectivity index (χ4v) is 5.58. The topological polar surface area (TPSA) is 87.8 Å².